The van der Waals surface area contributed by atoms with Gasteiger partial charge < -0.3 is 15.1 Å². The van der Waals surface area contributed by atoms with Crippen molar-refractivity contribution in [3.05, 3.63) is 23.8 Å². The molecule has 5 heteroatoms. The van der Waals surface area contributed by atoms with Gasteiger partial charge in [-0.25, -0.2) is 0 Å². The molecule has 1 N–H and O–H groups in total. The summed E-state index contributed by atoms with van der Waals surface area (Å²) >= 11 is 0. The number of aryl methyl sites for hydroxylation is 1. The highest BCUT2D eigenvalue weighted by molar-refractivity contribution is 5.73. The lowest BCUT2D eigenvalue weighted by molar-refractivity contribution is -0.121. The van der Waals surface area contributed by atoms with Crippen LogP contribution in [0.1, 0.15) is 56.9 Å². The van der Waals surface area contributed by atoms with Crippen molar-refractivity contribution in [2.75, 3.05) is 29.9 Å². The Morgan fingerprint density at radius 1 is 1.15 bits per heavy atom. The van der Waals surface area contributed by atoms with Gasteiger partial charge in [0, 0.05) is 37.1 Å². The van der Waals surface area contributed by atoms with E-state index in [-0.39, 0.29) is 0 Å². The first-order valence-electron chi connectivity index (χ1n) is 10.5. The van der Waals surface area contributed by atoms with Crippen LogP contribution < -0.4 is 10.2 Å². The molecule has 0 unspecified atom stereocenters. The van der Waals surface area contributed by atoms with Gasteiger partial charge in [-0.1, -0.05) is 19.3 Å². The number of nitrogens with one attached hydrogen (secondary N) is 1. The van der Waals surface area contributed by atoms with E-state index in [2.05, 4.69) is 28.1 Å². The Bertz CT molecular complexity index is 628. The third-order valence-corrected chi connectivity index (χ3v) is 6.26. The number of piperidine rings is 1. The van der Waals surface area contributed by atoms with Gasteiger partial charge in [-0.05, 0) is 68.7 Å². The molecule has 0 radical (unpaired) electrons. The van der Waals surface area contributed by atoms with Crippen molar-refractivity contribution in [3.8, 4) is 0 Å². The smallest absolute Gasteiger partial charge is 0.211 e. The Morgan fingerprint density at radius 3 is 2.67 bits per heavy atom. The summed E-state index contributed by atoms with van der Waals surface area (Å²) in [6, 6.07) is 6.59. The Morgan fingerprint density at radius 2 is 1.96 bits per heavy atom. The van der Waals surface area contributed by atoms with Crippen LogP contribution >= 0.6 is 0 Å². The van der Waals surface area contributed by atoms with E-state index < -0.39 is 0 Å². The standard InChI is InChI=1S/C22H33N3O2/c1-18-14-20(23-16-26)9-10-22(18)24-12-5-6-19(15-24)11-13-25(17-27)21-7-3-2-4-8-21/h9-10,14,16-17,19,21H,2-8,11-13,15H2,1H3,(H,23,26)/t19-/m0/s1. The average Bonchev–Trinajstić information content (AvgIpc) is 2.70. The molecule has 1 aliphatic heterocycles. The minimum absolute atomic E-state index is 0.469. The fourth-order valence-electron chi connectivity index (χ4n) is 4.75. The molecule has 5 nitrogen and oxygen atoms in total. The van der Waals surface area contributed by atoms with Gasteiger partial charge in [0.1, 0.15) is 0 Å². The number of carbonyl (C=O) groups is 2. The quantitative estimate of drug-likeness (QED) is 0.704. The average molecular weight is 372 g/mol. The summed E-state index contributed by atoms with van der Waals surface area (Å²) in [5, 5.41) is 2.72. The van der Waals surface area contributed by atoms with Crippen molar-refractivity contribution in [3.63, 3.8) is 0 Å². The maximum absolute atomic E-state index is 11.6. The maximum atomic E-state index is 11.6. The predicted molar refractivity (Wildman–Crippen MR) is 110 cm³/mol. The summed E-state index contributed by atoms with van der Waals surface area (Å²) in [5.41, 5.74) is 3.30. The van der Waals surface area contributed by atoms with Crippen LogP contribution in [0.2, 0.25) is 0 Å². The monoisotopic (exact) mass is 371 g/mol. The van der Waals surface area contributed by atoms with Crippen LogP contribution in [-0.4, -0.2) is 43.4 Å². The minimum atomic E-state index is 0.469. The molecule has 148 valence electrons. The van der Waals surface area contributed by atoms with Crippen LogP contribution in [0.3, 0.4) is 0 Å². The van der Waals surface area contributed by atoms with Crippen LogP contribution in [0, 0.1) is 12.8 Å². The van der Waals surface area contributed by atoms with Crippen LogP contribution in [0.4, 0.5) is 11.4 Å². The lowest BCUT2D eigenvalue weighted by Crippen LogP contribution is -2.40. The van der Waals surface area contributed by atoms with Crippen LogP contribution in [-0.2, 0) is 9.59 Å². The van der Waals surface area contributed by atoms with Crippen molar-refractivity contribution in [2.45, 2.75) is 64.3 Å². The predicted octanol–water partition coefficient (Wildman–Crippen LogP) is 3.96. The molecular formula is C22H33N3O2. The van der Waals surface area contributed by atoms with E-state index in [0.717, 1.165) is 44.6 Å². The number of benzene rings is 1. The molecule has 1 aliphatic carbocycles. The fourth-order valence-corrected chi connectivity index (χ4v) is 4.75. The van der Waals surface area contributed by atoms with Gasteiger partial charge >= 0.3 is 0 Å². The molecule has 1 aromatic rings. The van der Waals surface area contributed by atoms with E-state index in [9.17, 15) is 9.59 Å². The highest BCUT2D eigenvalue weighted by atomic mass is 16.1. The molecule has 3 rings (SSSR count). The van der Waals surface area contributed by atoms with E-state index >= 15 is 0 Å². The molecule has 1 aromatic carbocycles. The molecule has 27 heavy (non-hydrogen) atoms. The molecule has 1 atom stereocenters. The number of hydrogen-bond donors (Lipinski definition) is 1. The van der Waals surface area contributed by atoms with E-state index in [1.165, 1.54) is 56.2 Å². The number of rotatable bonds is 8. The Kier molecular flexibility index (Phi) is 7.13. The summed E-state index contributed by atoms with van der Waals surface area (Å²) in [6.45, 7) is 5.14. The lowest BCUT2D eigenvalue weighted by atomic mass is 9.91. The van der Waals surface area contributed by atoms with Gasteiger partial charge in [-0.15, -0.1) is 0 Å². The minimum Gasteiger partial charge on any atom is -0.371 e. The number of amides is 2. The number of anilines is 2. The van der Waals surface area contributed by atoms with Crippen molar-refractivity contribution in [2.24, 2.45) is 5.92 Å². The fraction of sp³-hybridized carbons (Fsp3) is 0.636. The SMILES string of the molecule is Cc1cc(NC=O)ccc1N1CCC[C@@H](CCN(C=O)C2CCCCC2)C1. The third-order valence-electron chi connectivity index (χ3n) is 6.26. The van der Waals surface area contributed by atoms with Gasteiger partial charge in [0.25, 0.3) is 0 Å². The first-order chi connectivity index (χ1) is 13.2. The van der Waals surface area contributed by atoms with Crippen LogP contribution in [0.15, 0.2) is 18.2 Å². The summed E-state index contributed by atoms with van der Waals surface area (Å²) < 4.78 is 0. The van der Waals surface area contributed by atoms with Gasteiger partial charge in [0.2, 0.25) is 12.8 Å². The van der Waals surface area contributed by atoms with Crippen molar-refractivity contribution in [1.82, 2.24) is 4.90 Å². The molecule has 1 heterocycles. The Balaban J connectivity index is 1.55. The molecule has 2 fully saturated rings. The van der Waals surface area contributed by atoms with Gasteiger partial charge in [-0.2, -0.15) is 0 Å². The molecule has 2 aliphatic rings. The third kappa shape index (κ3) is 5.24. The molecular weight excluding hydrogens is 338 g/mol. The summed E-state index contributed by atoms with van der Waals surface area (Å²) in [5.74, 6) is 0.636. The second-order valence-electron chi connectivity index (χ2n) is 8.14. The molecule has 0 aromatic heterocycles. The second-order valence-corrected chi connectivity index (χ2v) is 8.14. The molecule has 2 amide bonds. The molecule has 1 saturated heterocycles. The largest absolute Gasteiger partial charge is 0.371 e. The summed E-state index contributed by atoms with van der Waals surface area (Å²) in [6.07, 6.45) is 11.5. The first kappa shape index (κ1) is 19.7. The normalized spacial score (nSPS) is 20.9. The van der Waals surface area contributed by atoms with Crippen molar-refractivity contribution in [1.29, 1.82) is 0 Å². The first-order valence-corrected chi connectivity index (χ1v) is 10.5. The summed E-state index contributed by atoms with van der Waals surface area (Å²) in [7, 11) is 0. The zero-order valence-electron chi connectivity index (χ0n) is 16.5. The van der Waals surface area contributed by atoms with E-state index in [0.29, 0.717) is 12.0 Å². The van der Waals surface area contributed by atoms with Gasteiger partial charge in [-0.3, -0.25) is 9.59 Å². The van der Waals surface area contributed by atoms with E-state index in [1.807, 2.05) is 12.1 Å². The Labute approximate surface area is 163 Å². The molecule has 1 saturated carbocycles. The summed E-state index contributed by atoms with van der Waals surface area (Å²) in [4.78, 5) is 26.8. The van der Waals surface area contributed by atoms with Gasteiger partial charge in [0.15, 0.2) is 0 Å². The molecule has 0 spiro atoms. The highest BCUT2D eigenvalue weighted by Crippen LogP contribution is 2.30. The van der Waals surface area contributed by atoms with Crippen LogP contribution in [0.25, 0.3) is 0 Å². The topological polar surface area (TPSA) is 52.7 Å². The van der Waals surface area contributed by atoms with Crippen LogP contribution in [0.5, 0.6) is 0 Å². The second kappa shape index (κ2) is 9.77. The number of nitrogens with zero attached hydrogens (tertiary/aromatic N) is 2. The van der Waals surface area contributed by atoms with Crippen molar-refractivity contribution < 1.29 is 9.59 Å². The zero-order valence-corrected chi connectivity index (χ0v) is 16.5. The zero-order chi connectivity index (χ0) is 19.1. The lowest BCUT2D eigenvalue weighted by Gasteiger charge is -2.37. The number of hydrogen-bond acceptors (Lipinski definition) is 3. The van der Waals surface area contributed by atoms with E-state index in [1.54, 1.807) is 0 Å². The maximum Gasteiger partial charge on any atom is 0.211 e. The highest BCUT2D eigenvalue weighted by Gasteiger charge is 2.24. The van der Waals surface area contributed by atoms with E-state index in [4.69, 9.17) is 0 Å². The molecule has 0 bridgehead atoms. The number of carbonyl (C=O) groups excluding carboxylic acids is 2. The van der Waals surface area contributed by atoms with Crippen molar-refractivity contribution >= 4 is 24.2 Å². The van der Waals surface area contributed by atoms with Gasteiger partial charge in [0.05, 0.1) is 0 Å². The Hall–Kier alpha value is -2.04.